The molecular formula is C23H24N2O3. The number of carbonyl (C=O) groups is 2. The van der Waals surface area contributed by atoms with E-state index in [0.29, 0.717) is 43.3 Å². The lowest BCUT2D eigenvalue weighted by Crippen LogP contribution is -2.40. The topological polar surface area (TPSA) is 49.9 Å². The van der Waals surface area contributed by atoms with Gasteiger partial charge in [0.15, 0.2) is 0 Å². The van der Waals surface area contributed by atoms with Gasteiger partial charge in [0.2, 0.25) is 0 Å². The minimum absolute atomic E-state index is 0.257. The van der Waals surface area contributed by atoms with Crippen molar-refractivity contribution in [3.8, 4) is 0 Å². The lowest BCUT2D eigenvalue weighted by molar-refractivity contribution is -0.121. The maximum atomic E-state index is 13.5. The van der Waals surface area contributed by atoms with Crippen LogP contribution in [-0.4, -0.2) is 43.0 Å². The maximum Gasteiger partial charge on any atom is 0.282 e. The molecule has 4 rings (SSSR count). The van der Waals surface area contributed by atoms with Gasteiger partial charge in [-0.3, -0.25) is 9.59 Å². The van der Waals surface area contributed by atoms with Gasteiger partial charge >= 0.3 is 0 Å². The van der Waals surface area contributed by atoms with Gasteiger partial charge in [-0.1, -0.05) is 35.9 Å². The number of morpholine rings is 1. The molecule has 0 unspecified atom stereocenters. The van der Waals surface area contributed by atoms with Crippen molar-refractivity contribution in [2.24, 2.45) is 0 Å². The van der Waals surface area contributed by atoms with E-state index in [-0.39, 0.29) is 11.8 Å². The third-order valence-electron chi connectivity index (χ3n) is 5.30. The fourth-order valence-electron chi connectivity index (χ4n) is 3.94. The summed E-state index contributed by atoms with van der Waals surface area (Å²) in [6, 6.07) is 13.5. The molecule has 2 aromatic rings. The van der Waals surface area contributed by atoms with Crippen LogP contribution in [0, 0.1) is 20.8 Å². The number of hydrogen-bond donors (Lipinski definition) is 0. The standard InChI is InChI=1S/C23H24N2O3/c1-15-5-4-6-18(14-15)25-22(26)20(19-8-7-16(2)13-17(19)3)21(23(25)27)24-9-11-28-12-10-24/h4-8,13-14H,9-12H2,1-3H3. The summed E-state index contributed by atoms with van der Waals surface area (Å²) >= 11 is 0. The van der Waals surface area contributed by atoms with Gasteiger partial charge in [-0.2, -0.15) is 0 Å². The molecule has 0 bridgehead atoms. The summed E-state index contributed by atoms with van der Waals surface area (Å²) in [6.45, 7) is 8.27. The quantitative estimate of drug-likeness (QED) is 0.772. The summed E-state index contributed by atoms with van der Waals surface area (Å²) in [5.74, 6) is -0.517. The van der Waals surface area contributed by atoms with Crippen LogP contribution in [0.4, 0.5) is 5.69 Å². The van der Waals surface area contributed by atoms with Gasteiger partial charge in [0.05, 0.1) is 24.5 Å². The molecule has 2 aliphatic heterocycles. The number of rotatable bonds is 3. The molecule has 5 nitrogen and oxygen atoms in total. The molecule has 1 saturated heterocycles. The summed E-state index contributed by atoms with van der Waals surface area (Å²) in [7, 11) is 0. The van der Waals surface area contributed by atoms with Crippen molar-refractivity contribution in [3.63, 3.8) is 0 Å². The van der Waals surface area contributed by atoms with Gasteiger partial charge < -0.3 is 9.64 Å². The molecule has 28 heavy (non-hydrogen) atoms. The highest BCUT2D eigenvalue weighted by Gasteiger charge is 2.43. The van der Waals surface area contributed by atoms with E-state index in [1.54, 1.807) is 0 Å². The highest BCUT2D eigenvalue weighted by atomic mass is 16.5. The first-order valence-corrected chi connectivity index (χ1v) is 9.57. The average molecular weight is 376 g/mol. The van der Waals surface area contributed by atoms with Gasteiger partial charge in [-0.05, 0) is 49.6 Å². The molecular weight excluding hydrogens is 352 g/mol. The van der Waals surface area contributed by atoms with Crippen molar-refractivity contribution in [2.75, 3.05) is 31.2 Å². The van der Waals surface area contributed by atoms with Crippen molar-refractivity contribution in [2.45, 2.75) is 20.8 Å². The molecule has 1 fully saturated rings. The predicted octanol–water partition coefficient (Wildman–Crippen LogP) is 3.23. The van der Waals surface area contributed by atoms with Gasteiger partial charge in [0.25, 0.3) is 11.8 Å². The number of anilines is 1. The zero-order valence-electron chi connectivity index (χ0n) is 16.5. The average Bonchev–Trinajstić information content (AvgIpc) is 2.93. The first kappa shape index (κ1) is 18.4. The van der Waals surface area contributed by atoms with Crippen molar-refractivity contribution < 1.29 is 14.3 Å². The monoisotopic (exact) mass is 376 g/mol. The molecule has 2 aromatic carbocycles. The summed E-state index contributed by atoms with van der Waals surface area (Å²) in [5, 5.41) is 0. The summed E-state index contributed by atoms with van der Waals surface area (Å²) in [5.41, 5.74) is 5.54. The van der Waals surface area contributed by atoms with Crippen LogP contribution in [0.1, 0.15) is 22.3 Å². The number of hydrogen-bond acceptors (Lipinski definition) is 4. The Labute approximate surface area is 165 Å². The Morgan fingerprint density at radius 1 is 0.857 bits per heavy atom. The van der Waals surface area contributed by atoms with Gasteiger partial charge in [-0.25, -0.2) is 4.90 Å². The van der Waals surface area contributed by atoms with Crippen LogP contribution in [-0.2, 0) is 14.3 Å². The molecule has 0 aliphatic carbocycles. The van der Waals surface area contributed by atoms with E-state index in [4.69, 9.17) is 4.74 Å². The first-order chi connectivity index (χ1) is 13.5. The molecule has 2 aliphatic rings. The van der Waals surface area contributed by atoms with Crippen molar-refractivity contribution in [3.05, 3.63) is 70.4 Å². The molecule has 5 heteroatoms. The second kappa shape index (κ2) is 7.24. The maximum absolute atomic E-state index is 13.5. The SMILES string of the molecule is Cc1cccc(N2C(=O)C(c3ccc(C)cc3C)=C(N3CCOCC3)C2=O)c1. The summed E-state index contributed by atoms with van der Waals surface area (Å²) < 4.78 is 5.45. The smallest absolute Gasteiger partial charge is 0.282 e. The predicted molar refractivity (Wildman–Crippen MR) is 109 cm³/mol. The number of aryl methyl sites for hydroxylation is 3. The molecule has 0 N–H and O–H groups in total. The van der Waals surface area contributed by atoms with Crippen molar-refractivity contribution in [1.82, 2.24) is 4.90 Å². The number of amides is 2. The van der Waals surface area contributed by atoms with Crippen molar-refractivity contribution >= 4 is 23.1 Å². The lowest BCUT2D eigenvalue weighted by Gasteiger charge is -2.29. The Morgan fingerprint density at radius 2 is 1.57 bits per heavy atom. The van der Waals surface area contributed by atoms with E-state index in [2.05, 4.69) is 0 Å². The molecule has 0 saturated carbocycles. The third-order valence-corrected chi connectivity index (χ3v) is 5.30. The second-order valence-corrected chi connectivity index (χ2v) is 7.43. The van der Waals surface area contributed by atoms with Gasteiger partial charge in [0.1, 0.15) is 5.70 Å². The van der Waals surface area contributed by atoms with Crippen LogP contribution in [0.5, 0.6) is 0 Å². The first-order valence-electron chi connectivity index (χ1n) is 9.57. The molecule has 2 heterocycles. The number of carbonyl (C=O) groups excluding carboxylic acids is 2. The van der Waals surface area contributed by atoms with Crippen LogP contribution in [0.3, 0.4) is 0 Å². The lowest BCUT2D eigenvalue weighted by atomic mass is 9.97. The molecule has 2 amide bonds. The second-order valence-electron chi connectivity index (χ2n) is 7.43. The Morgan fingerprint density at radius 3 is 2.25 bits per heavy atom. The number of imide groups is 1. The van der Waals surface area contributed by atoms with E-state index >= 15 is 0 Å². The Hall–Kier alpha value is -2.92. The summed E-state index contributed by atoms with van der Waals surface area (Å²) in [4.78, 5) is 30.3. The molecule has 0 aromatic heterocycles. The van der Waals surface area contributed by atoms with E-state index < -0.39 is 0 Å². The zero-order valence-corrected chi connectivity index (χ0v) is 16.5. The van der Waals surface area contributed by atoms with E-state index in [1.165, 1.54) is 4.90 Å². The fraction of sp³-hybridized carbons (Fsp3) is 0.304. The normalized spacial score (nSPS) is 17.7. The highest BCUT2D eigenvalue weighted by Crippen LogP contribution is 2.36. The van der Waals surface area contributed by atoms with Gasteiger partial charge in [0, 0.05) is 13.1 Å². The molecule has 0 radical (unpaired) electrons. The minimum Gasteiger partial charge on any atom is -0.378 e. The third kappa shape index (κ3) is 3.12. The zero-order chi connectivity index (χ0) is 19.8. The van der Waals surface area contributed by atoms with E-state index in [9.17, 15) is 9.59 Å². The van der Waals surface area contributed by atoms with E-state index in [1.807, 2.05) is 68.1 Å². The number of benzene rings is 2. The van der Waals surface area contributed by atoms with Crippen LogP contribution in [0.25, 0.3) is 5.57 Å². The summed E-state index contributed by atoms with van der Waals surface area (Å²) in [6.07, 6.45) is 0. The van der Waals surface area contributed by atoms with Crippen LogP contribution in [0.15, 0.2) is 48.2 Å². The fourth-order valence-corrected chi connectivity index (χ4v) is 3.94. The van der Waals surface area contributed by atoms with Crippen molar-refractivity contribution in [1.29, 1.82) is 0 Å². The van der Waals surface area contributed by atoms with Crippen LogP contribution >= 0.6 is 0 Å². The van der Waals surface area contributed by atoms with E-state index in [0.717, 1.165) is 22.3 Å². The Balaban J connectivity index is 1.87. The molecule has 0 atom stereocenters. The Kier molecular flexibility index (Phi) is 4.77. The Bertz CT molecular complexity index is 987. The number of ether oxygens (including phenoxy) is 1. The molecule has 0 spiro atoms. The largest absolute Gasteiger partial charge is 0.378 e. The minimum atomic E-state index is -0.260. The number of nitrogens with zero attached hydrogens (tertiary/aromatic N) is 2. The van der Waals surface area contributed by atoms with Gasteiger partial charge in [-0.15, -0.1) is 0 Å². The molecule has 144 valence electrons. The van der Waals surface area contributed by atoms with Crippen LogP contribution in [0.2, 0.25) is 0 Å². The highest BCUT2D eigenvalue weighted by molar-refractivity contribution is 6.45. The van der Waals surface area contributed by atoms with Crippen LogP contribution < -0.4 is 4.90 Å².